The highest BCUT2D eigenvalue weighted by Gasteiger charge is 2.23. The number of benzene rings is 1. The van der Waals surface area contributed by atoms with Gasteiger partial charge in [0, 0.05) is 31.7 Å². The number of hydrogen-bond acceptors (Lipinski definition) is 5. The molecule has 0 radical (unpaired) electrons. The number of rotatable bonds is 4. The summed E-state index contributed by atoms with van der Waals surface area (Å²) in [6.45, 7) is 3.27. The lowest BCUT2D eigenvalue weighted by molar-refractivity contribution is -0.384. The minimum atomic E-state index is -0.473. The highest BCUT2D eigenvalue weighted by Crippen LogP contribution is 2.29. The molecule has 0 bridgehead atoms. The molecule has 1 aliphatic heterocycles. The topological polar surface area (TPSA) is 81.6 Å². The van der Waals surface area contributed by atoms with Crippen molar-refractivity contribution in [3.8, 4) is 0 Å². The maximum atomic E-state index is 10.9. The fraction of sp³-hybridized carbons (Fsp3) is 0.500. The van der Waals surface area contributed by atoms with E-state index >= 15 is 0 Å². The Bertz CT molecular complexity index is 464. The van der Waals surface area contributed by atoms with Crippen LogP contribution in [0.5, 0.6) is 0 Å². The van der Waals surface area contributed by atoms with E-state index < -0.39 is 4.92 Å². The largest absolute Gasteiger partial charge is 0.379 e. The average Bonchev–Trinajstić information content (AvgIpc) is 2.42. The zero-order valence-electron chi connectivity index (χ0n) is 10.4. The molecule has 2 rings (SSSR count). The third kappa shape index (κ3) is 3.22. The lowest BCUT2D eigenvalue weighted by Crippen LogP contribution is -2.41. The van der Waals surface area contributed by atoms with E-state index in [1.54, 1.807) is 12.1 Å². The number of nitro groups is 1. The summed E-state index contributed by atoms with van der Waals surface area (Å²) in [4.78, 5) is 12.6. The Morgan fingerprint density at radius 2 is 2.16 bits per heavy atom. The van der Waals surface area contributed by atoms with Crippen molar-refractivity contribution in [1.29, 1.82) is 0 Å². The highest BCUT2D eigenvalue weighted by atomic mass is 35.5. The van der Waals surface area contributed by atoms with Gasteiger partial charge in [-0.05, 0) is 11.6 Å². The van der Waals surface area contributed by atoms with Crippen molar-refractivity contribution in [2.75, 3.05) is 32.8 Å². The van der Waals surface area contributed by atoms with Gasteiger partial charge in [0.2, 0.25) is 0 Å². The van der Waals surface area contributed by atoms with Gasteiger partial charge in [0.25, 0.3) is 5.69 Å². The van der Waals surface area contributed by atoms with Crippen LogP contribution in [0.2, 0.25) is 5.02 Å². The first-order valence-corrected chi connectivity index (χ1v) is 6.47. The third-order valence-corrected chi connectivity index (χ3v) is 3.58. The normalized spacial score (nSPS) is 18.2. The van der Waals surface area contributed by atoms with E-state index in [0.29, 0.717) is 19.8 Å². The summed E-state index contributed by atoms with van der Waals surface area (Å²) >= 11 is 5.82. The van der Waals surface area contributed by atoms with Crippen LogP contribution >= 0.6 is 11.6 Å². The van der Waals surface area contributed by atoms with Gasteiger partial charge in [-0.25, -0.2) is 0 Å². The minimum Gasteiger partial charge on any atom is -0.379 e. The van der Waals surface area contributed by atoms with E-state index in [1.165, 1.54) is 6.07 Å². The molecule has 1 aromatic carbocycles. The third-order valence-electron chi connectivity index (χ3n) is 3.26. The zero-order valence-corrected chi connectivity index (χ0v) is 11.2. The van der Waals surface area contributed by atoms with Crippen LogP contribution in [0.3, 0.4) is 0 Å². The van der Waals surface area contributed by atoms with Crippen molar-refractivity contribution in [3.63, 3.8) is 0 Å². The molecule has 1 aromatic rings. The molecule has 0 amide bonds. The second-order valence-electron chi connectivity index (χ2n) is 4.37. The molecule has 1 fully saturated rings. The maximum Gasteiger partial charge on any atom is 0.288 e. The van der Waals surface area contributed by atoms with Gasteiger partial charge in [-0.2, -0.15) is 0 Å². The van der Waals surface area contributed by atoms with Crippen molar-refractivity contribution < 1.29 is 9.66 Å². The molecule has 0 aliphatic carbocycles. The second-order valence-corrected chi connectivity index (χ2v) is 4.78. The van der Waals surface area contributed by atoms with Crippen LogP contribution in [0.1, 0.15) is 11.6 Å². The Kier molecular flexibility index (Phi) is 4.71. The molecular weight excluding hydrogens is 270 g/mol. The first-order chi connectivity index (χ1) is 9.13. The van der Waals surface area contributed by atoms with Crippen LogP contribution in [0.4, 0.5) is 5.69 Å². The van der Waals surface area contributed by atoms with Crippen LogP contribution in [-0.4, -0.2) is 42.7 Å². The average molecular weight is 286 g/mol. The summed E-state index contributed by atoms with van der Waals surface area (Å²) in [7, 11) is 0. The lowest BCUT2D eigenvalue weighted by Gasteiger charge is -2.34. The molecule has 2 N–H and O–H groups in total. The summed E-state index contributed by atoms with van der Waals surface area (Å²) < 4.78 is 5.30. The van der Waals surface area contributed by atoms with Crippen LogP contribution < -0.4 is 5.73 Å². The molecule has 104 valence electrons. The summed E-state index contributed by atoms with van der Waals surface area (Å²) in [5.41, 5.74) is 6.56. The number of nitrogens with zero attached hydrogens (tertiary/aromatic N) is 2. The maximum absolute atomic E-state index is 10.9. The van der Waals surface area contributed by atoms with Crippen molar-refractivity contribution in [3.05, 3.63) is 38.9 Å². The molecule has 1 aliphatic rings. The Morgan fingerprint density at radius 3 is 2.74 bits per heavy atom. The predicted octanol–water partition coefficient (Wildman–Crippen LogP) is 1.58. The van der Waals surface area contributed by atoms with Crippen molar-refractivity contribution in [1.82, 2.24) is 4.90 Å². The van der Waals surface area contributed by atoms with Gasteiger partial charge < -0.3 is 10.5 Å². The first kappa shape index (κ1) is 14.2. The van der Waals surface area contributed by atoms with Gasteiger partial charge in [-0.3, -0.25) is 15.0 Å². The second kappa shape index (κ2) is 6.29. The number of hydrogen-bond donors (Lipinski definition) is 1. The molecule has 0 aromatic heterocycles. The van der Waals surface area contributed by atoms with E-state index in [1.807, 2.05) is 0 Å². The fourth-order valence-corrected chi connectivity index (χ4v) is 2.45. The van der Waals surface area contributed by atoms with Crippen LogP contribution in [0, 0.1) is 10.1 Å². The monoisotopic (exact) mass is 285 g/mol. The molecule has 1 atom stereocenters. The Balaban J connectivity index is 2.27. The Hall–Kier alpha value is -1.21. The lowest BCUT2D eigenvalue weighted by atomic mass is 10.0. The van der Waals surface area contributed by atoms with E-state index in [0.717, 1.165) is 18.7 Å². The number of nitrogens with two attached hydrogens (primary N) is 1. The van der Waals surface area contributed by atoms with E-state index in [2.05, 4.69) is 4.90 Å². The molecular formula is C12H16ClN3O3. The molecule has 19 heavy (non-hydrogen) atoms. The number of nitro benzene ring substituents is 1. The van der Waals surface area contributed by atoms with Gasteiger partial charge >= 0.3 is 0 Å². The summed E-state index contributed by atoms with van der Waals surface area (Å²) in [5, 5.41) is 11.1. The molecule has 1 unspecified atom stereocenters. The van der Waals surface area contributed by atoms with Crippen LogP contribution in [0.25, 0.3) is 0 Å². The van der Waals surface area contributed by atoms with E-state index in [4.69, 9.17) is 22.1 Å². The van der Waals surface area contributed by atoms with Crippen LogP contribution in [-0.2, 0) is 4.74 Å². The molecule has 1 saturated heterocycles. The highest BCUT2D eigenvalue weighted by molar-refractivity contribution is 6.32. The molecule has 7 heteroatoms. The Labute approximate surface area is 116 Å². The van der Waals surface area contributed by atoms with Gasteiger partial charge in [0.15, 0.2) is 0 Å². The molecule has 0 saturated carbocycles. The van der Waals surface area contributed by atoms with Crippen molar-refractivity contribution in [2.24, 2.45) is 5.73 Å². The molecule has 0 spiro atoms. The van der Waals surface area contributed by atoms with Crippen molar-refractivity contribution in [2.45, 2.75) is 6.04 Å². The molecule has 6 nitrogen and oxygen atoms in total. The summed E-state index contributed by atoms with van der Waals surface area (Å²) in [6, 6.07) is 4.82. The SMILES string of the molecule is NCC(c1ccc(Cl)c([N+](=O)[O-])c1)N1CCOCC1. The van der Waals surface area contributed by atoms with Crippen LogP contribution in [0.15, 0.2) is 18.2 Å². The fourth-order valence-electron chi connectivity index (χ4n) is 2.26. The molecule has 1 heterocycles. The number of halogens is 1. The Morgan fingerprint density at radius 1 is 1.47 bits per heavy atom. The van der Waals surface area contributed by atoms with Crippen molar-refractivity contribution >= 4 is 17.3 Å². The number of morpholine rings is 1. The summed E-state index contributed by atoms with van der Waals surface area (Å²) in [6.07, 6.45) is 0. The van der Waals surface area contributed by atoms with Gasteiger partial charge in [-0.15, -0.1) is 0 Å². The predicted molar refractivity (Wildman–Crippen MR) is 72.3 cm³/mol. The standard InChI is InChI=1S/C12H16ClN3O3/c13-10-2-1-9(7-11(10)16(17)18)12(8-14)15-3-5-19-6-4-15/h1-2,7,12H,3-6,8,14H2. The minimum absolute atomic E-state index is 0.0418. The number of ether oxygens (including phenoxy) is 1. The smallest absolute Gasteiger partial charge is 0.288 e. The quantitative estimate of drug-likeness (QED) is 0.671. The van der Waals surface area contributed by atoms with Gasteiger partial charge in [-0.1, -0.05) is 17.7 Å². The first-order valence-electron chi connectivity index (χ1n) is 6.09. The zero-order chi connectivity index (χ0) is 13.8. The van der Waals surface area contributed by atoms with E-state index in [9.17, 15) is 10.1 Å². The van der Waals surface area contributed by atoms with Gasteiger partial charge in [0.1, 0.15) is 5.02 Å². The van der Waals surface area contributed by atoms with Gasteiger partial charge in [0.05, 0.1) is 18.1 Å². The van der Waals surface area contributed by atoms with E-state index in [-0.39, 0.29) is 16.8 Å². The summed E-state index contributed by atoms with van der Waals surface area (Å²) in [5.74, 6) is 0.